The predicted octanol–water partition coefficient (Wildman–Crippen LogP) is 1.80. The van der Waals surface area contributed by atoms with Gasteiger partial charge in [0, 0.05) is 6.42 Å². The molecule has 28 heavy (non-hydrogen) atoms. The van der Waals surface area contributed by atoms with Crippen LogP contribution in [0.2, 0.25) is 0 Å². The molecule has 0 spiro atoms. The van der Waals surface area contributed by atoms with Gasteiger partial charge in [0.25, 0.3) is 11.1 Å². The fourth-order valence-corrected chi connectivity index (χ4v) is 3.60. The van der Waals surface area contributed by atoms with Crippen molar-refractivity contribution < 1.29 is 9.13 Å². The van der Waals surface area contributed by atoms with Crippen molar-refractivity contribution in [2.45, 2.75) is 6.42 Å². The van der Waals surface area contributed by atoms with Crippen LogP contribution in [0.15, 0.2) is 58.1 Å². The number of thiazole rings is 1. The minimum absolute atomic E-state index is 0.134. The quantitative estimate of drug-likeness (QED) is 0.527. The Labute approximate surface area is 162 Å². The van der Waals surface area contributed by atoms with Crippen LogP contribution >= 0.6 is 11.3 Å². The van der Waals surface area contributed by atoms with Crippen LogP contribution in [0, 0.1) is 5.82 Å². The molecule has 0 saturated carbocycles. The van der Waals surface area contributed by atoms with Crippen LogP contribution in [0.5, 0.6) is 5.75 Å². The molecular weight excluding hydrogens is 381 g/mol. The first-order valence-electron chi connectivity index (χ1n) is 8.36. The Morgan fingerprint density at radius 2 is 1.82 bits per heavy atom. The molecule has 0 aliphatic heterocycles. The van der Waals surface area contributed by atoms with E-state index in [4.69, 9.17) is 4.74 Å². The molecule has 8 heteroatoms. The topological polar surface area (TPSA) is 73.6 Å². The second-order valence-electron chi connectivity index (χ2n) is 6.05. The third-order valence-corrected chi connectivity index (χ3v) is 5.11. The zero-order valence-corrected chi connectivity index (χ0v) is 15.6. The number of aromatic nitrogens is 3. The molecule has 140 valence electrons. The Kier molecular flexibility index (Phi) is 4.70. The highest BCUT2D eigenvalue weighted by Gasteiger charge is 2.12. The second-order valence-corrected chi connectivity index (χ2v) is 7.06. The van der Waals surface area contributed by atoms with Gasteiger partial charge in [-0.1, -0.05) is 35.6 Å². The minimum Gasteiger partial charge on any atom is -0.497 e. The number of methoxy groups -OCH3 is 1. The van der Waals surface area contributed by atoms with Crippen LogP contribution in [0.3, 0.4) is 0 Å². The number of benzene rings is 2. The van der Waals surface area contributed by atoms with Crippen molar-refractivity contribution in [2.24, 2.45) is 0 Å². The van der Waals surface area contributed by atoms with Crippen LogP contribution < -0.4 is 20.4 Å². The van der Waals surface area contributed by atoms with Crippen LogP contribution in [-0.2, 0) is 6.42 Å². The summed E-state index contributed by atoms with van der Waals surface area (Å²) in [6.45, 7) is 0. The van der Waals surface area contributed by atoms with E-state index in [1.165, 1.54) is 12.1 Å². The van der Waals surface area contributed by atoms with Gasteiger partial charge in [-0.2, -0.15) is 14.6 Å². The van der Waals surface area contributed by atoms with Crippen LogP contribution in [-0.4, -0.2) is 21.7 Å². The monoisotopic (exact) mass is 395 g/mol. The van der Waals surface area contributed by atoms with Crippen molar-refractivity contribution in [3.8, 4) is 5.75 Å². The lowest BCUT2D eigenvalue weighted by atomic mass is 10.1. The van der Waals surface area contributed by atoms with E-state index in [1.807, 2.05) is 12.1 Å². The Morgan fingerprint density at radius 3 is 2.50 bits per heavy atom. The van der Waals surface area contributed by atoms with E-state index < -0.39 is 5.56 Å². The predicted molar refractivity (Wildman–Crippen MR) is 104 cm³/mol. The molecule has 0 unspecified atom stereocenters. The first kappa shape index (κ1) is 18.0. The smallest absolute Gasteiger partial charge is 0.296 e. The largest absolute Gasteiger partial charge is 0.497 e. The van der Waals surface area contributed by atoms with Crippen molar-refractivity contribution >= 4 is 22.4 Å². The van der Waals surface area contributed by atoms with Gasteiger partial charge in [0.1, 0.15) is 17.3 Å². The molecular formula is C20H14FN3O3S. The standard InChI is InChI=1S/C20H14FN3O3S/c1-27-15-8-4-13(5-9-15)11-17-19(26)24-20(28-17)22-18(25)16(23-24)10-12-2-6-14(21)7-3-12/h2-9,11H,10H2,1H3/b17-11-. The fourth-order valence-electron chi connectivity index (χ4n) is 2.70. The zero-order valence-electron chi connectivity index (χ0n) is 14.8. The van der Waals surface area contributed by atoms with Gasteiger partial charge in [0.15, 0.2) is 0 Å². The molecule has 0 fully saturated rings. The molecule has 0 aliphatic carbocycles. The molecule has 0 radical (unpaired) electrons. The van der Waals surface area contributed by atoms with Crippen molar-refractivity contribution in [3.05, 3.63) is 96.4 Å². The Hall–Kier alpha value is -3.39. The lowest BCUT2D eigenvalue weighted by molar-refractivity contribution is 0.415. The van der Waals surface area contributed by atoms with Crippen LogP contribution in [0.25, 0.3) is 11.0 Å². The third kappa shape index (κ3) is 3.54. The van der Waals surface area contributed by atoms with Gasteiger partial charge in [0.2, 0.25) is 4.96 Å². The van der Waals surface area contributed by atoms with Gasteiger partial charge in [-0.15, -0.1) is 0 Å². The Bertz CT molecular complexity index is 1310. The number of hydrogen-bond donors (Lipinski definition) is 0. The number of halogens is 1. The van der Waals surface area contributed by atoms with E-state index in [2.05, 4.69) is 10.1 Å². The molecule has 0 N–H and O–H groups in total. The number of rotatable bonds is 4. The second kappa shape index (κ2) is 7.32. The summed E-state index contributed by atoms with van der Waals surface area (Å²) in [7, 11) is 1.58. The maximum Gasteiger partial charge on any atom is 0.296 e. The summed E-state index contributed by atoms with van der Waals surface area (Å²) >= 11 is 1.10. The summed E-state index contributed by atoms with van der Waals surface area (Å²) in [4.78, 5) is 29.2. The molecule has 0 aliphatic rings. The molecule has 6 nitrogen and oxygen atoms in total. The molecule has 2 aromatic carbocycles. The zero-order chi connectivity index (χ0) is 19.7. The normalized spacial score (nSPS) is 11.9. The number of ether oxygens (including phenoxy) is 1. The average molecular weight is 395 g/mol. The van der Waals surface area contributed by atoms with Gasteiger partial charge in [-0.25, -0.2) is 4.39 Å². The van der Waals surface area contributed by atoms with Gasteiger partial charge >= 0.3 is 0 Å². The lowest BCUT2D eigenvalue weighted by Gasteiger charge is -2.00. The summed E-state index contributed by atoms with van der Waals surface area (Å²) in [5.41, 5.74) is 0.819. The molecule has 2 aromatic heterocycles. The van der Waals surface area contributed by atoms with E-state index in [9.17, 15) is 14.0 Å². The first-order chi connectivity index (χ1) is 13.5. The maximum atomic E-state index is 13.0. The van der Waals surface area contributed by atoms with Crippen molar-refractivity contribution in [2.75, 3.05) is 7.11 Å². The minimum atomic E-state index is -0.499. The fraction of sp³-hybridized carbons (Fsp3) is 0.100. The Morgan fingerprint density at radius 1 is 1.11 bits per heavy atom. The summed E-state index contributed by atoms with van der Waals surface area (Å²) in [6.07, 6.45) is 1.88. The van der Waals surface area contributed by atoms with E-state index in [0.717, 1.165) is 27.2 Å². The molecule has 4 aromatic rings. The van der Waals surface area contributed by atoms with E-state index >= 15 is 0 Å². The molecule has 4 rings (SSSR count). The first-order valence-corrected chi connectivity index (χ1v) is 9.18. The van der Waals surface area contributed by atoms with Gasteiger partial charge < -0.3 is 4.74 Å². The van der Waals surface area contributed by atoms with E-state index in [-0.39, 0.29) is 28.5 Å². The van der Waals surface area contributed by atoms with Gasteiger partial charge in [-0.05, 0) is 41.5 Å². The molecule has 0 saturated heterocycles. The van der Waals surface area contributed by atoms with Gasteiger partial charge in [0.05, 0.1) is 11.6 Å². The number of nitrogens with zero attached hydrogens (tertiary/aromatic N) is 3. The Balaban J connectivity index is 1.76. The summed E-state index contributed by atoms with van der Waals surface area (Å²) in [5, 5.41) is 4.19. The summed E-state index contributed by atoms with van der Waals surface area (Å²) < 4.78 is 19.7. The van der Waals surface area contributed by atoms with Crippen LogP contribution in [0.1, 0.15) is 16.8 Å². The molecule has 2 heterocycles. The highest BCUT2D eigenvalue weighted by atomic mass is 32.1. The summed E-state index contributed by atoms with van der Waals surface area (Å²) in [5.74, 6) is 0.357. The van der Waals surface area contributed by atoms with E-state index in [0.29, 0.717) is 10.1 Å². The lowest BCUT2D eigenvalue weighted by Crippen LogP contribution is -2.28. The van der Waals surface area contributed by atoms with Crippen molar-refractivity contribution in [1.29, 1.82) is 0 Å². The average Bonchev–Trinajstić information content (AvgIpc) is 2.99. The number of fused-ring (bicyclic) bond motifs is 1. The highest BCUT2D eigenvalue weighted by Crippen LogP contribution is 2.12. The van der Waals surface area contributed by atoms with Crippen molar-refractivity contribution in [1.82, 2.24) is 14.6 Å². The SMILES string of the molecule is COc1ccc(/C=c2\sc3nc(=O)c(Cc4ccc(F)cc4)nn3c2=O)cc1. The van der Waals surface area contributed by atoms with Crippen LogP contribution in [0.4, 0.5) is 4.39 Å². The molecule has 0 bridgehead atoms. The van der Waals surface area contributed by atoms with Gasteiger partial charge in [-0.3, -0.25) is 9.59 Å². The van der Waals surface area contributed by atoms with E-state index in [1.54, 1.807) is 37.5 Å². The molecule has 0 atom stereocenters. The summed E-state index contributed by atoms with van der Waals surface area (Å²) in [6, 6.07) is 13.0. The highest BCUT2D eigenvalue weighted by molar-refractivity contribution is 7.15. The molecule has 0 amide bonds. The third-order valence-electron chi connectivity index (χ3n) is 4.15. The van der Waals surface area contributed by atoms with Crippen molar-refractivity contribution in [3.63, 3.8) is 0 Å². The number of hydrogen-bond acceptors (Lipinski definition) is 6. The maximum absolute atomic E-state index is 13.0.